The summed E-state index contributed by atoms with van der Waals surface area (Å²) >= 11 is 0. The quantitative estimate of drug-likeness (QED) is 0.306. The summed E-state index contributed by atoms with van der Waals surface area (Å²) in [7, 11) is 0. The summed E-state index contributed by atoms with van der Waals surface area (Å²) in [6, 6.07) is 0. The molecule has 1 nitrogen and oxygen atoms in total. The van der Waals surface area contributed by atoms with Gasteiger partial charge in [0.25, 0.3) is 0 Å². The molecule has 0 saturated heterocycles. The Labute approximate surface area is 129 Å². The van der Waals surface area contributed by atoms with Crippen molar-refractivity contribution in [2.75, 3.05) is 0 Å². The van der Waals surface area contributed by atoms with Crippen molar-refractivity contribution in [3.8, 4) is 0 Å². The van der Waals surface area contributed by atoms with Crippen molar-refractivity contribution in [1.82, 2.24) is 0 Å². The summed E-state index contributed by atoms with van der Waals surface area (Å²) in [6.07, 6.45) is 7.60. The van der Waals surface area contributed by atoms with Gasteiger partial charge in [-0.3, -0.25) is 0 Å². The van der Waals surface area contributed by atoms with Crippen LogP contribution in [0.25, 0.3) is 0 Å². The van der Waals surface area contributed by atoms with Crippen molar-refractivity contribution in [3.63, 3.8) is 0 Å². The molecule has 0 amide bonds. The number of rotatable bonds is 5. The zero-order valence-corrected chi connectivity index (χ0v) is 14.1. The molecule has 0 aromatic carbocycles. The van der Waals surface area contributed by atoms with Crippen LogP contribution in [0.2, 0.25) is 0 Å². The van der Waals surface area contributed by atoms with Crippen LogP contribution in [0.5, 0.6) is 0 Å². The van der Waals surface area contributed by atoms with Gasteiger partial charge in [0.05, 0.1) is 5.60 Å². The standard InChI is InChI=1S/C12H23O.HI.Mg/c1-6-8-9-10-11(7-2)13-12(3,4)5;;/h9-11H,2,6-8H2,1,3-5H3;1H;/q-1;;+2/p-1/b10-9-;;. The second-order valence-corrected chi connectivity index (χ2v) is 4.27. The summed E-state index contributed by atoms with van der Waals surface area (Å²) in [5.41, 5.74) is -0.0705. The molecule has 0 aliphatic carbocycles. The summed E-state index contributed by atoms with van der Waals surface area (Å²) in [6.45, 7) is 12.3. The first-order valence-electron chi connectivity index (χ1n) is 5.13. The van der Waals surface area contributed by atoms with Gasteiger partial charge < -0.3 is 35.6 Å². The molecule has 15 heavy (non-hydrogen) atoms. The van der Waals surface area contributed by atoms with Gasteiger partial charge in [-0.25, -0.2) is 0 Å². The average molecular weight is 335 g/mol. The third-order valence-electron chi connectivity index (χ3n) is 1.60. The van der Waals surface area contributed by atoms with E-state index in [1.165, 1.54) is 6.42 Å². The number of hydrogen-bond acceptors (Lipinski definition) is 1. The maximum atomic E-state index is 5.78. The SMILES string of the molecule is [CH2-]CC(/C=C\CCC)OC(C)(C)C.[I-].[Mg+2]. The molecule has 0 fully saturated rings. The van der Waals surface area contributed by atoms with Crippen LogP contribution in [0.4, 0.5) is 0 Å². The Balaban J connectivity index is -0.000000720. The average Bonchev–Trinajstić information content (AvgIpc) is 2.01. The Morgan fingerprint density at radius 1 is 1.33 bits per heavy atom. The fourth-order valence-electron chi connectivity index (χ4n) is 1.06. The van der Waals surface area contributed by atoms with Crippen LogP contribution in [-0.2, 0) is 4.74 Å². The molecule has 0 spiro atoms. The number of halogens is 1. The molecular formula is C12H23IMgO. The minimum absolute atomic E-state index is 0. The molecule has 0 aliphatic heterocycles. The van der Waals surface area contributed by atoms with E-state index >= 15 is 0 Å². The fraction of sp³-hybridized carbons (Fsp3) is 0.750. The number of unbranched alkanes of at least 4 members (excludes halogenated alkanes) is 1. The molecular weight excluding hydrogens is 311 g/mol. The number of allylic oxidation sites excluding steroid dienone is 1. The Morgan fingerprint density at radius 3 is 2.20 bits per heavy atom. The van der Waals surface area contributed by atoms with E-state index in [4.69, 9.17) is 4.74 Å². The molecule has 0 saturated carbocycles. The summed E-state index contributed by atoms with van der Waals surface area (Å²) < 4.78 is 5.78. The molecule has 1 atom stereocenters. The van der Waals surface area contributed by atoms with Crippen LogP contribution < -0.4 is 24.0 Å². The van der Waals surface area contributed by atoms with Gasteiger partial charge in [-0.15, -0.1) is 0 Å². The van der Waals surface area contributed by atoms with Gasteiger partial charge in [-0.05, 0) is 27.2 Å². The Bertz CT molecular complexity index is 152. The van der Waals surface area contributed by atoms with Gasteiger partial charge in [-0.1, -0.05) is 25.5 Å². The van der Waals surface area contributed by atoms with E-state index in [2.05, 4.69) is 46.8 Å². The third kappa shape index (κ3) is 15.2. The van der Waals surface area contributed by atoms with Crippen LogP contribution in [0, 0.1) is 6.92 Å². The van der Waals surface area contributed by atoms with Crippen molar-refractivity contribution in [2.24, 2.45) is 0 Å². The van der Waals surface area contributed by atoms with Crippen LogP contribution in [0.3, 0.4) is 0 Å². The fourth-order valence-corrected chi connectivity index (χ4v) is 1.06. The van der Waals surface area contributed by atoms with Gasteiger partial charge in [0, 0.05) is 6.10 Å². The van der Waals surface area contributed by atoms with Crippen LogP contribution in [-0.4, -0.2) is 34.8 Å². The molecule has 86 valence electrons. The van der Waals surface area contributed by atoms with E-state index < -0.39 is 0 Å². The molecule has 3 heteroatoms. The molecule has 0 radical (unpaired) electrons. The van der Waals surface area contributed by atoms with Crippen molar-refractivity contribution >= 4 is 23.1 Å². The van der Waals surface area contributed by atoms with E-state index in [-0.39, 0.29) is 58.7 Å². The van der Waals surface area contributed by atoms with Crippen molar-refractivity contribution in [1.29, 1.82) is 0 Å². The van der Waals surface area contributed by atoms with Crippen LogP contribution in [0.15, 0.2) is 12.2 Å². The second-order valence-electron chi connectivity index (χ2n) is 4.27. The maximum Gasteiger partial charge on any atom is 2.00 e. The molecule has 0 heterocycles. The Morgan fingerprint density at radius 2 is 1.87 bits per heavy atom. The molecule has 1 unspecified atom stereocenters. The summed E-state index contributed by atoms with van der Waals surface area (Å²) in [4.78, 5) is 0. The normalized spacial score (nSPS) is 13.1. The largest absolute Gasteiger partial charge is 2.00 e. The van der Waals surface area contributed by atoms with Gasteiger partial charge >= 0.3 is 23.1 Å². The predicted octanol–water partition coefficient (Wildman–Crippen LogP) is 0.374. The molecule has 0 rings (SSSR count). The zero-order chi connectivity index (χ0) is 10.3. The molecule has 0 bridgehead atoms. The van der Waals surface area contributed by atoms with E-state index in [0.717, 1.165) is 12.8 Å². The molecule has 0 aromatic heterocycles. The van der Waals surface area contributed by atoms with Gasteiger partial charge in [0.2, 0.25) is 0 Å². The topological polar surface area (TPSA) is 9.23 Å². The summed E-state index contributed by atoms with van der Waals surface area (Å²) in [5.74, 6) is 0. The summed E-state index contributed by atoms with van der Waals surface area (Å²) in [5, 5.41) is 0. The Hall–Kier alpha value is 1.20. The number of hydrogen-bond donors (Lipinski definition) is 0. The van der Waals surface area contributed by atoms with Gasteiger partial charge in [0.15, 0.2) is 0 Å². The first-order chi connectivity index (χ1) is 5.99. The van der Waals surface area contributed by atoms with E-state index in [1.807, 2.05) is 0 Å². The smallest absolute Gasteiger partial charge is 1.00 e. The van der Waals surface area contributed by atoms with Crippen LogP contribution in [0.1, 0.15) is 47.0 Å². The minimum atomic E-state index is -0.0705. The molecule has 0 aliphatic rings. The molecule has 0 N–H and O–H groups in total. The first kappa shape index (κ1) is 21.5. The predicted molar refractivity (Wildman–Crippen MR) is 64.4 cm³/mol. The number of ether oxygens (including phenoxy) is 1. The van der Waals surface area contributed by atoms with Crippen molar-refractivity contribution in [2.45, 2.75) is 58.7 Å². The van der Waals surface area contributed by atoms with Crippen molar-refractivity contribution in [3.05, 3.63) is 19.1 Å². The van der Waals surface area contributed by atoms with Gasteiger partial charge in [-0.2, -0.15) is 6.42 Å². The van der Waals surface area contributed by atoms with Crippen molar-refractivity contribution < 1.29 is 28.7 Å². The maximum absolute atomic E-state index is 5.78. The van der Waals surface area contributed by atoms with E-state index in [1.54, 1.807) is 0 Å². The zero-order valence-electron chi connectivity index (χ0n) is 10.6. The monoisotopic (exact) mass is 334 g/mol. The van der Waals surface area contributed by atoms with E-state index in [0.29, 0.717) is 0 Å². The van der Waals surface area contributed by atoms with Gasteiger partial charge in [0.1, 0.15) is 0 Å². The third-order valence-corrected chi connectivity index (χ3v) is 1.60. The van der Waals surface area contributed by atoms with E-state index in [9.17, 15) is 0 Å². The first-order valence-corrected chi connectivity index (χ1v) is 5.13. The minimum Gasteiger partial charge on any atom is -1.00 e. The van der Waals surface area contributed by atoms with Crippen LogP contribution >= 0.6 is 0 Å². The molecule has 0 aromatic rings. The Kier molecular flexibility index (Phi) is 16.7. The second kappa shape index (κ2) is 11.7.